The number of piperazine rings is 1. The van der Waals surface area contributed by atoms with E-state index in [2.05, 4.69) is 16.6 Å². The lowest BCUT2D eigenvalue weighted by atomic mass is 10.1. The minimum absolute atomic E-state index is 0.289. The fourth-order valence-corrected chi connectivity index (χ4v) is 2.00. The van der Waals surface area contributed by atoms with E-state index in [1.807, 2.05) is 4.90 Å². The number of hydrogen-bond acceptors (Lipinski definition) is 4. The van der Waals surface area contributed by atoms with Crippen LogP contribution in [0, 0.1) is 5.92 Å². The van der Waals surface area contributed by atoms with Gasteiger partial charge in [-0.2, -0.15) is 0 Å². The number of halogens is 3. The quantitative estimate of drug-likeness (QED) is 0.772. The highest BCUT2D eigenvalue weighted by molar-refractivity contribution is 4.73. The maximum absolute atomic E-state index is 11.8. The first-order chi connectivity index (χ1) is 8.40. The smallest absolute Gasteiger partial charge is 0.330 e. The van der Waals surface area contributed by atoms with E-state index in [4.69, 9.17) is 5.73 Å². The number of rotatable bonds is 6. The molecule has 1 heterocycles. The third-order valence-corrected chi connectivity index (χ3v) is 3.11. The summed E-state index contributed by atoms with van der Waals surface area (Å²) in [6.07, 6.45) is -4.52. The number of nitrogens with zero attached hydrogens (tertiary/aromatic N) is 2. The van der Waals surface area contributed by atoms with Crippen LogP contribution in [0.25, 0.3) is 0 Å². The summed E-state index contributed by atoms with van der Waals surface area (Å²) in [7, 11) is 0. The molecule has 1 aliphatic rings. The van der Waals surface area contributed by atoms with Crippen molar-refractivity contribution in [1.29, 1.82) is 0 Å². The molecule has 4 nitrogen and oxygen atoms in total. The second kappa shape index (κ2) is 7.28. The number of ether oxygens (including phenoxy) is 1. The van der Waals surface area contributed by atoms with Crippen LogP contribution in [-0.4, -0.2) is 68.6 Å². The summed E-state index contributed by atoms with van der Waals surface area (Å²) in [5, 5.41) is 0. The Labute approximate surface area is 106 Å². The van der Waals surface area contributed by atoms with Crippen molar-refractivity contribution < 1.29 is 17.9 Å². The highest BCUT2D eigenvalue weighted by atomic mass is 19.4. The molecular weight excluding hydrogens is 247 g/mol. The van der Waals surface area contributed by atoms with Crippen molar-refractivity contribution in [3.05, 3.63) is 0 Å². The van der Waals surface area contributed by atoms with Gasteiger partial charge in [0.2, 0.25) is 0 Å². The molecule has 0 aromatic carbocycles. The minimum Gasteiger partial charge on any atom is -0.330 e. The predicted octanol–water partition coefficient (Wildman–Crippen LogP) is 0.735. The molecule has 1 saturated heterocycles. The van der Waals surface area contributed by atoms with E-state index in [1.165, 1.54) is 0 Å². The monoisotopic (exact) mass is 269 g/mol. The predicted molar refractivity (Wildman–Crippen MR) is 63.1 cm³/mol. The topological polar surface area (TPSA) is 41.7 Å². The van der Waals surface area contributed by atoms with E-state index in [0.717, 1.165) is 32.7 Å². The van der Waals surface area contributed by atoms with Gasteiger partial charge in [-0.1, -0.05) is 6.92 Å². The molecule has 1 unspecified atom stereocenters. The molecule has 0 bridgehead atoms. The van der Waals surface area contributed by atoms with E-state index < -0.39 is 6.36 Å². The SMILES string of the molecule is CC(CN)CN1CCN(CCOC(F)(F)F)CC1. The van der Waals surface area contributed by atoms with Crippen molar-refractivity contribution >= 4 is 0 Å². The Hall–Kier alpha value is -0.370. The molecule has 108 valence electrons. The Morgan fingerprint density at radius 2 is 1.72 bits per heavy atom. The Bertz CT molecular complexity index is 230. The molecule has 0 aromatic heterocycles. The van der Waals surface area contributed by atoms with Crippen LogP contribution >= 0.6 is 0 Å². The van der Waals surface area contributed by atoms with Crippen LogP contribution in [-0.2, 0) is 4.74 Å². The van der Waals surface area contributed by atoms with Crippen LogP contribution in [0.4, 0.5) is 13.2 Å². The number of alkyl halides is 3. The lowest BCUT2D eigenvalue weighted by Crippen LogP contribution is -2.49. The molecule has 0 saturated carbocycles. The summed E-state index contributed by atoms with van der Waals surface area (Å²) in [5.41, 5.74) is 5.56. The molecule has 0 aromatic rings. The molecule has 0 aliphatic carbocycles. The normalized spacial score (nSPS) is 21.2. The van der Waals surface area contributed by atoms with E-state index in [1.54, 1.807) is 0 Å². The lowest BCUT2D eigenvalue weighted by Gasteiger charge is -2.35. The summed E-state index contributed by atoms with van der Waals surface area (Å²) in [6.45, 7) is 7.12. The highest BCUT2D eigenvalue weighted by Gasteiger charge is 2.29. The largest absolute Gasteiger partial charge is 0.522 e. The fourth-order valence-electron chi connectivity index (χ4n) is 2.00. The van der Waals surface area contributed by atoms with Crippen molar-refractivity contribution in [2.75, 3.05) is 52.4 Å². The first-order valence-electron chi connectivity index (χ1n) is 6.26. The van der Waals surface area contributed by atoms with Gasteiger partial charge in [-0.3, -0.25) is 9.64 Å². The zero-order valence-electron chi connectivity index (χ0n) is 10.7. The van der Waals surface area contributed by atoms with E-state index >= 15 is 0 Å². The molecule has 18 heavy (non-hydrogen) atoms. The summed E-state index contributed by atoms with van der Waals surface area (Å²) < 4.78 is 39.1. The Balaban J connectivity index is 2.12. The molecule has 1 fully saturated rings. The van der Waals surface area contributed by atoms with Crippen molar-refractivity contribution in [2.45, 2.75) is 13.3 Å². The maximum atomic E-state index is 11.8. The standard InChI is InChI=1S/C11H22F3N3O/c1-10(8-15)9-17-4-2-16(3-5-17)6-7-18-11(12,13)14/h10H,2-9,15H2,1H3. The van der Waals surface area contributed by atoms with Gasteiger partial charge in [-0.15, -0.1) is 13.2 Å². The maximum Gasteiger partial charge on any atom is 0.522 e. The summed E-state index contributed by atoms with van der Waals surface area (Å²) in [5.74, 6) is 0.463. The van der Waals surface area contributed by atoms with Gasteiger partial charge in [0, 0.05) is 39.3 Å². The van der Waals surface area contributed by atoms with Crippen molar-refractivity contribution in [3.8, 4) is 0 Å². The molecule has 1 atom stereocenters. The van der Waals surface area contributed by atoms with Crippen LogP contribution < -0.4 is 5.73 Å². The van der Waals surface area contributed by atoms with Gasteiger partial charge < -0.3 is 10.6 Å². The minimum atomic E-state index is -4.52. The Morgan fingerprint density at radius 3 is 2.22 bits per heavy atom. The molecular formula is C11H22F3N3O. The summed E-state index contributed by atoms with van der Waals surface area (Å²) >= 11 is 0. The van der Waals surface area contributed by atoms with Gasteiger partial charge in [0.25, 0.3) is 0 Å². The molecule has 0 spiro atoms. The molecule has 1 rings (SSSR count). The average molecular weight is 269 g/mol. The van der Waals surface area contributed by atoms with Crippen molar-refractivity contribution in [2.24, 2.45) is 11.7 Å². The van der Waals surface area contributed by atoms with Gasteiger partial charge in [-0.25, -0.2) is 0 Å². The molecule has 1 aliphatic heterocycles. The van der Waals surface area contributed by atoms with E-state index in [0.29, 0.717) is 19.0 Å². The molecule has 0 radical (unpaired) electrons. The highest BCUT2D eigenvalue weighted by Crippen LogP contribution is 2.15. The van der Waals surface area contributed by atoms with Crippen LogP contribution in [0.15, 0.2) is 0 Å². The van der Waals surface area contributed by atoms with Crippen molar-refractivity contribution in [3.63, 3.8) is 0 Å². The first-order valence-corrected chi connectivity index (χ1v) is 6.26. The zero-order chi connectivity index (χ0) is 13.6. The molecule has 7 heteroatoms. The van der Waals surface area contributed by atoms with Crippen LogP contribution in [0.3, 0.4) is 0 Å². The van der Waals surface area contributed by atoms with Gasteiger partial charge in [0.05, 0.1) is 6.61 Å². The van der Waals surface area contributed by atoms with E-state index in [9.17, 15) is 13.2 Å². The van der Waals surface area contributed by atoms with Crippen molar-refractivity contribution in [1.82, 2.24) is 9.80 Å². The third kappa shape index (κ3) is 6.53. The Kier molecular flexibility index (Phi) is 6.34. The average Bonchev–Trinajstić information content (AvgIpc) is 2.29. The van der Waals surface area contributed by atoms with Crippen LogP contribution in [0.1, 0.15) is 6.92 Å². The van der Waals surface area contributed by atoms with Crippen LogP contribution in [0.2, 0.25) is 0 Å². The summed E-state index contributed by atoms with van der Waals surface area (Å²) in [6, 6.07) is 0. The second-order valence-corrected chi connectivity index (χ2v) is 4.78. The van der Waals surface area contributed by atoms with Crippen LogP contribution in [0.5, 0.6) is 0 Å². The second-order valence-electron chi connectivity index (χ2n) is 4.78. The molecule has 0 amide bonds. The fraction of sp³-hybridized carbons (Fsp3) is 1.00. The lowest BCUT2D eigenvalue weighted by molar-refractivity contribution is -0.325. The molecule has 2 N–H and O–H groups in total. The zero-order valence-corrected chi connectivity index (χ0v) is 10.7. The van der Waals surface area contributed by atoms with Gasteiger partial charge in [0.1, 0.15) is 0 Å². The third-order valence-electron chi connectivity index (χ3n) is 3.11. The number of nitrogens with two attached hydrogens (primary N) is 1. The Morgan fingerprint density at radius 1 is 1.17 bits per heavy atom. The number of hydrogen-bond donors (Lipinski definition) is 1. The first kappa shape index (κ1) is 15.7. The van der Waals surface area contributed by atoms with Gasteiger partial charge >= 0.3 is 6.36 Å². The van der Waals surface area contributed by atoms with Gasteiger partial charge in [-0.05, 0) is 12.5 Å². The summed E-state index contributed by atoms with van der Waals surface area (Å²) in [4.78, 5) is 4.30. The van der Waals surface area contributed by atoms with Gasteiger partial charge in [0.15, 0.2) is 0 Å². The van der Waals surface area contributed by atoms with E-state index in [-0.39, 0.29) is 6.61 Å².